The van der Waals surface area contributed by atoms with Gasteiger partial charge in [-0.1, -0.05) is 18.2 Å². The summed E-state index contributed by atoms with van der Waals surface area (Å²) in [4.78, 5) is 25.0. The fourth-order valence-corrected chi connectivity index (χ4v) is 4.69. The van der Waals surface area contributed by atoms with Crippen molar-refractivity contribution in [1.82, 2.24) is 0 Å². The van der Waals surface area contributed by atoms with E-state index in [1.165, 1.54) is 16.5 Å². The number of ketones is 1. The Morgan fingerprint density at radius 2 is 2.14 bits per heavy atom. The van der Waals surface area contributed by atoms with Crippen LogP contribution in [0.3, 0.4) is 0 Å². The van der Waals surface area contributed by atoms with Gasteiger partial charge in [0.15, 0.2) is 5.78 Å². The highest BCUT2D eigenvalue weighted by Gasteiger charge is 2.20. The summed E-state index contributed by atoms with van der Waals surface area (Å²) in [6.07, 6.45) is 1.10. The predicted molar refractivity (Wildman–Crippen MR) is 85.3 cm³/mol. The van der Waals surface area contributed by atoms with Gasteiger partial charge in [0, 0.05) is 28.7 Å². The highest BCUT2D eigenvalue weighted by atomic mass is 32.2. The average Bonchev–Trinajstić information content (AvgIpc) is 2.91. The Kier molecular flexibility index (Phi) is 4.07. The number of nitro benzene ring substituents is 1. The summed E-state index contributed by atoms with van der Waals surface area (Å²) in [6, 6.07) is 8.40. The van der Waals surface area contributed by atoms with Gasteiger partial charge in [0.2, 0.25) is 0 Å². The van der Waals surface area contributed by atoms with E-state index in [9.17, 15) is 14.9 Å². The smallest absolute Gasteiger partial charge is 0.273 e. The van der Waals surface area contributed by atoms with Gasteiger partial charge in [-0.25, -0.2) is 0 Å². The molecule has 4 nitrogen and oxygen atoms in total. The number of nitrogens with zero attached hydrogens (tertiary/aromatic N) is 1. The molecule has 0 radical (unpaired) electrons. The highest BCUT2D eigenvalue weighted by Crippen LogP contribution is 2.32. The molecule has 0 fully saturated rings. The van der Waals surface area contributed by atoms with Crippen LogP contribution in [0.5, 0.6) is 0 Å². The molecule has 1 aliphatic rings. The topological polar surface area (TPSA) is 60.2 Å². The number of thiophene rings is 1. The number of hydrogen-bond acceptors (Lipinski definition) is 5. The third-order valence-electron chi connectivity index (χ3n) is 3.44. The number of thioether (sulfide) groups is 1. The molecule has 0 aliphatic carbocycles. The Labute approximate surface area is 130 Å². The zero-order chi connectivity index (χ0) is 14.8. The molecule has 108 valence electrons. The average molecular weight is 319 g/mol. The van der Waals surface area contributed by atoms with E-state index in [1.54, 1.807) is 29.5 Å². The molecule has 21 heavy (non-hydrogen) atoms. The SMILES string of the molecule is O=C(Cc1ccccc1[N+](=O)[O-])c1cc2c(s1)CCSC2. The first kappa shape index (κ1) is 14.3. The standard InChI is InChI=1S/C15H13NO3S2/c17-13(7-10-3-1-2-4-12(10)16(18)19)15-8-11-9-20-6-5-14(11)21-15/h1-4,8H,5-7,9H2. The quantitative estimate of drug-likeness (QED) is 0.487. The van der Waals surface area contributed by atoms with Crippen molar-refractivity contribution in [2.45, 2.75) is 18.6 Å². The number of carbonyl (C=O) groups excluding carboxylic acids is 1. The minimum atomic E-state index is -0.432. The number of hydrogen-bond donors (Lipinski definition) is 0. The molecule has 0 saturated carbocycles. The van der Waals surface area contributed by atoms with Gasteiger partial charge in [-0.15, -0.1) is 11.3 Å². The summed E-state index contributed by atoms with van der Waals surface area (Å²) in [5, 5.41) is 11.0. The van der Waals surface area contributed by atoms with Gasteiger partial charge in [0.1, 0.15) is 0 Å². The molecule has 2 aromatic rings. The van der Waals surface area contributed by atoms with E-state index in [4.69, 9.17) is 0 Å². The number of Topliss-reactive ketones (excluding diaryl/α,β-unsaturated/α-hetero) is 1. The molecule has 0 unspecified atom stereocenters. The van der Waals surface area contributed by atoms with Gasteiger partial charge in [-0.05, 0) is 23.8 Å². The van der Waals surface area contributed by atoms with Gasteiger partial charge >= 0.3 is 0 Å². The summed E-state index contributed by atoms with van der Waals surface area (Å²) in [6.45, 7) is 0. The molecular formula is C15H13NO3S2. The lowest BCUT2D eigenvalue weighted by Gasteiger charge is -2.08. The molecule has 0 N–H and O–H groups in total. The lowest BCUT2D eigenvalue weighted by molar-refractivity contribution is -0.385. The second-order valence-electron chi connectivity index (χ2n) is 4.85. The highest BCUT2D eigenvalue weighted by molar-refractivity contribution is 7.98. The van der Waals surface area contributed by atoms with Crippen LogP contribution in [0.1, 0.15) is 25.7 Å². The largest absolute Gasteiger partial charge is 0.293 e. The molecule has 1 aromatic carbocycles. The van der Waals surface area contributed by atoms with Crippen molar-refractivity contribution >= 4 is 34.6 Å². The number of fused-ring (bicyclic) bond motifs is 1. The summed E-state index contributed by atoms with van der Waals surface area (Å²) < 4.78 is 0. The van der Waals surface area contributed by atoms with E-state index >= 15 is 0 Å². The van der Waals surface area contributed by atoms with Crippen molar-refractivity contribution in [3.05, 3.63) is 61.3 Å². The van der Waals surface area contributed by atoms with Gasteiger partial charge in [0.25, 0.3) is 5.69 Å². The third kappa shape index (κ3) is 3.01. The van der Waals surface area contributed by atoms with Crippen LogP contribution >= 0.6 is 23.1 Å². The normalized spacial score (nSPS) is 13.7. The number of rotatable bonds is 4. The fourth-order valence-electron chi connectivity index (χ4n) is 2.38. The van der Waals surface area contributed by atoms with E-state index in [-0.39, 0.29) is 17.9 Å². The maximum absolute atomic E-state index is 12.4. The Morgan fingerprint density at radius 3 is 2.90 bits per heavy atom. The summed E-state index contributed by atoms with van der Waals surface area (Å²) in [5.41, 5.74) is 1.75. The second kappa shape index (κ2) is 5.99. The fraction of sp³-hybridized carbons (Fsp3) is 0.267. The van der Waals surface area contributed by atoms with Crippen LogP contribution < -0.4 is 0 Å². The third-order valence-corrected chi connectivity index (χ3v) is 5.73. The van der Waals surface area contributed by atoms with Crippen LogP contribution in [-0.2, 0) is 18.6 Å². The first-order valence-electron chi connectivity index (χ1n) is 6.60. The Morgan fingerprint density at radius 1 is 1.33 bits per heavy atom. The summed E-state index contributed by atoms with van der Waals surface area (Å²) in [7, 11) is 0. The molecule has 1 aliphatic heterocycles. The molecule has 0 saturated heterocycles. The van der Waals surface area contributed by atoms with Crippen molar-refractivity contribution in [1.29, 1.82) is 0 Å². The van der Waals surface area contributed by atoms with Gasteiger partial charge < -0.3 is 0 Å². The number of nitro groups is 1. The predicted octanol–water partition coefficient (Wildman–Crippen LogP) is 3.87. The minimum absolute atomic E-state index is 0.0164. The van der Waals surface area contributed by atoms with Crippen molar-refractivity contribution < 1.29 is 9.72 Å². The Balaban J connectivity index is 1.83. The van der Waals surface area contributed by atoms with Gasteiger partial charge in [0.05, 0.1) is 9.80 Å². The Bertz CT molecular complexity index is 685. The molecule has 2 heterocycles. The van der Waals surface area contributed by atoms with E-state index < -0.39 is 4.92 Å². The summed E-state index contributed by atoms with van der Waals surface area (Å²) in [5.74, 6) is 2.03. The first-order chi connectivity index (χ1) is 10.1. The molecule has 0 atom stereocenters. The zero-order valence-electron chi connectivity index (χ0n) is 11.2. The maximum Gasteiger partial charge on any atom is 0.273 e. The number of aryl methyl sites for hydroxylation is 1. The van der Waals surface area contributed by atoms with Crippen LogP contribution in [0.15, 0.2) is 30.3 Å². The zero-order valence-corrected chi connectivity index (χ0v) is 12.8. The van der Waals surface area contributed by atoms with Crippen LogP contribution in [0.25, 0.3) is 0 Å². The minimum Gasteiger partial charge on any atom is -0.293 e. The van der Waals surface area contributed by atoms with E-state index in [1.807, 2.05) is 17.8 Å². The lowest BCUT2D eigenvalue weighted by Crippen LogP contribution is -2.04. The second-order valence-corrected chi connectivity index (χ2v) is 7.09. The monoisotopic (exact) mass is 319 g/mol. The maximum atomic E-state index is 12.4. The van der Waals surface area contributed by atoms with Crippen molar-refractivity contribution in [3.8, 4) is 0 Å². The molecule has 0 spiro atoms. The van der Waals surface area contributed by atoms with Crippen LogP contribution in [0.2, 0.25) is 0 Å². The summed E-state index contributed by atoms with van der Waals surface area (Å²) >= 11 is 3.42. The molecular weight excluding hydrogens is 306 g/mol. The van der Waals surface area contributed by atoms with Gasteiger partial charge in [-0.3, -0.25) is 14.9 Å². The van der Waals surface area contributed by atoms with E-state index in [2.05, 4.69) is 0 Å². The number of para-hydroxylation sites is 1. The first-order valence-corrected chi connectivity index (χ1v) is 8.57. The van der Waals surface area contributed by atoms with E-state index in [0.29, 0.717) is 5.56 Å². The molecule has 0 bridgehead atoms. The van der Waals surface area contributed by atoms with Crippen LogP contribution in [0.4, 0.5) is 5.69 Å². The Hall–Kier alpha value is -1.66. The molecule has 0 amide bonds. The molecule has 6 heteroatoms. The number of carbonyl (C=O) groups is 1. The van der Waals surface area contributed by atoms with Crippen molar-refractivity contribution in [2.75, 3.05) is 5.75 Å². The van der Waals surface area contributed by atoms with Crippen LogP contribution in [0, 0.1) is 10.1 Å². The van der Waals surface area contributed by atoms with Crippen molar-refractivity contribution in [2.24, 2.45) is 0 Å². The lowest BCUT2D eigenvalue weighted by atomic mass is 10.1. The van der Waals surface area contributed by atoms with Crippen molar-refractivity contribution in [3.63, 3.8) is 0 Å². The van der Waals surface area contributed by atoms with E-state index in [0.717, 1.165) is 22.8 Å². The molecule has 1 aromatic heterocycles. The van der Waals surface area contributed by atoms with Crippen LogP contribution in [-0.4, -0.2) is 16.5 Å². The van der Waals surface area contributed by atoms with Gasteiger partial charge in [-0.2, -0.15) is 11.8 Å². The molecule has 3 rings (SSSR count). The number of benzene rings is 1.